The van der Waals surface area contributed by atoms with Gasteiger partial charge in [-0.3, -0.25) is 9.59 Å². The number of carbonyl (C=O) groups excluding carboxylic acids is 2. The minimum atomic E-state index is -0.381. The minimum absolute atomic E-state index is 0.0660. The predicted molar refractivity (Wildman–Crippen MR) is 138 cm³/mol. The highest BCUT2D eigenvalue weighted by atomic mass is 32.2. The molecule has 1 saturated heterocycles. The molecule has 0 aromatic heterocycles. The molecule has 0 N–H and O–H groups in total. The normalized spacial score (nSPS) is 17.4. The number of Topliss-reactive ketones (excluding diaryl/α,β-unsaturated/α-hetero) is 1. The number of benzene rings is 3. The van der Waals surface area contributed by atoms with Gasteiger partial charge in [0.05, 0.1) is 6.04 Å². The monoisotopic (exact) mass is 491 g/mol. The number of carbonyl (C=O) groups is 2. The standard InChI is InChI=1S/C29H30FNO3S/c1-35-16-15-29(33)31-20-23(17-21-5-3-2-4-6-21)18-27(31)28(32)19-22-7-11-25(12-8-22)34-26-13-9-24(30)10-14-26/h2-14,23,27H,15-20H2,1H3/t23-,27+/m1/s1. The molecule has 0 aliphatic carbocycles. The second-order valence-electron chi connectivity index (χ2n) is 8.94. The van der Waals surface area contributed by atoms with Crippen LogP contribution in [0.4, 0.5) is 4.39 Å². The Labute approximate surface area is 210 Å². The Morgan fingerprint density at radius 1 is 0.943 bits per heavy atom. The first kappa shape index (κ1) is 25.0. The molecule has 0 bridgehead atoms. The van der Waals surface area contributed by atoms with Crippen LogP contribution in [0.2, 0.25) is 0 Å². The summed E-state index contributed by atoms with van der Waals surface area (Å²) < 4.78 is 18.8. The summed E-state index contributed by atoms with van der Waals surface area (Å²) in [5.41, 5.74) is 2.11. The van der Waals surface area contributed by atoms with Gasteiger partial charge in [-0.15, -0.1) is 0 Å². The van der Waals surface area contributed by atoms with Crippen molar-refractivity contribution in [2.45, 2.75) is 31.7 Å². The van der Waals surface area contributed by atoms with Crippen molar-refractivity contribution in [2.75, 3.05) is 18.6 Å². The largest absolute Gasteiger partial charge is 0.457 e. The molecule has 182 valence electrons. The van der Waals surface area contributed by atoms with Crippen molar-refractivity contribution in [1.82, 2.24) is 4.90 Å². The molecule has 2 atom stereocenters. The number of amides is 1. The third-order valence-electron chi connectivity index (χ3n) is 6.32. The lowest BCUT2D eigenvalue weighted by atomic mass is 9.94. The highest BCUT2D eigenvalue weighted by Gasteiger charge is 2.38. The summed E-state index contributed by atoms with van der Waals surface area (Å²) in [5.74, 6) is 2.02. The fraction of sp³-hybridized carbons (Fsp3) is 0.310. The van der Waals surface area contributed by atoms with Crippen molar-refractivity contribution in [3.63, 3.8) is 0 Å². The number of likely N-dealkylation sites (tertiary alicyclic amines) is 1. The molecule has 0 unspecified atom stereocenters. The van der Waals surface area contributed by atoms with Gasteiger partial charge in [-0.1, -0.05) is 42.5 Å². The van der Waals surface area contributed by atoms with Gasteiger partial charge in [0.2, 0.25) is 5.91 Å². The maximum absolute atomic E-state index is 13.3. The number of thioether (sulfide) groups is 1. The molecule has 3 aromatic carbocycles. The van der Waals surface area contributed by atoms with Crippen molar-refractivity contribution in [3.8, 4) is 11.5 Å². The average Bonchev–Trinajstić information content (AvgIpc) is 3.30. The summed E-state index contributed by atoms with van der Waals surface area (Å²) in [6.07, 6.45) is 4.28. The summed E-state index contributed by atoms with van der Waals surface area (Å²) in [7, 11) is 0. The molecule has 0 saturated carbocycles. The first-order valence-corrected chi connectivity index (χ1v) is 13.3. The number of rotatable bonds is 10. The lowest BCUT2D eigenvalue weighted by Crippen LogP contribution is -2.41. The van der Waals surface area contributed by atoms with Crippen LogP contribution >= 0.6 is 11.8 Å². The third-order valence-corrected chi connectivity index (χ3v) is 6.93. The molecule has 6 heteroatoms. The molecule has 1 amide bonds. The van der Waals surface area contributed by atoms with E-state index < -0.39 is 0 Å². The number of ketones is 1. The molecule has 3 aromatic rings. The van der Waals surface area contributed by atoms with Gasteiger partial charge < -0.3 is 9.64 Å². The van der Waals surface area contributed by atoms with E-state index in [-0.39, 0.29) is 35.9 Å². The second-order valence-corrected chi connectivity index (χ2v) is 9.92. The molecule has 4 rings (SSSR count). The van der Waals surface area contributed by atoms with Crippen molar-refractivity contribution < 1.29 is 18.7 Å². The molecule has 35 heavy (non-hydrogen) atoms. The molecule has 1 heterocycles. The summed E-state index contributed by atoms with van der Waals surface area (Å²) in [5, 5.41) is 0. The van der Waals surface area contributed by atoms with Crippen LogP contribution in [0.3, 0.4) is 0 Å². The van der Waals surface area contributed by atoms with Gasteiger partial charge >= 0.3 is 0 Å². The van der Waals surface area contributed by atoms with Gasteiger partial charge in [-0.05, 0) is 72.5 Å². The lowest BCUT2D eigenvalue weighted by Gasteiger charge is -2.24. The molecule has 1 aliphatic heterocycles. The molecule has 1 aliphatic rings. The van der Waals surface area contributed by atoms with Crippen molar-refractivity contribution in [2.24, 2.45) is 5.92 Å². The van der Waals surface area contributed by atoms with E-state index in [4.69, 9.17) is 4.74 Å². The van der Waals surface area contributed by atoms with Crippen molar-refractivity contribution >= 4 is 23.5 Å². The summed E-state index contributed by atoms with van der Waals surface area (Å²) in [6.45, 7) is 0.628. The second kappa shape index (κ2) is 12.0. The molecule has 4 nitrogen and oxygen atoms in total. The van der Waals surface area contributed by atoms with Crippen molar-refractivity contribution in [3.05, 3.63) is 95.8 Å². The summed E-state index contributed by atoms with van der Waals surface area (Å²) in [6, 6.07) is 23.1. The van der Waals surface area contributed by atoms with Crippen LogP contribution in [0.25, 0.3) is 0 Å². The molecular formula is C29H30FNO3S. The third kappa shape index (κ3) is 6.95. The van der Waals surface area contributed by atoms with Gasteiger partial charge in [0.15, 0.2) is 5.78 Å². The van der Waals surface area contributed by atoms with E-state index in [1.807, 2.05) is 41.5 Å². The van der Waals surface area contributed by atoms with Crippen LogP contribution in [0, 0.1) is 11.7 Å². The highest BCUT2D eigenvalue weighted by molar-refractivity contribution is 7.98. The number of hydrogen-bond acceptors (Lipinski definition) is 4. The smallest absolute Gasteiger partial charge is 0.224 e. The lowest BCUT2D eigenvalue weighted by molar-refractivity contribution is -0.137. The topological polar surface area (TPSA) is 46.6 Å². The Morgan fingerprint density at radius 2 is 1.60 bits per heavy atom. The van der Waals surface area contributed by atoms with Crippen LogP contribution in [0.5, 0.6) is 11.5 Å². The van der Waals surface area contributed by atoms with Gasteiger partial charge in [0, 0.05) is 25.1 Å². The van der Waals surface area contributed by atoms with Crippen LogP contribution in [0.15, 0.2) is 78.9 Å². The average molecular weight is 492 g/mol. The van der Waals surface area contributed by atoms with E-state index >= 15 is 0 Å². The predicted octanol–water partition coefficient (Wildman–Crippen LogP) is 5.94. The van der Waals surface area contributed by atoms with E-state index in [0.717, 1.165) is 17.7 Å². The summed E-state index contributed by atoms with van der Waals surface area (Å²) in [4.78, 5) is 28.1. The van der Waals surface area contributed by atoms with Gasteiger partial charge in [0.1, 0.15) is 17.3 Å². The highest BCUT2D eigenvalue weighted by Crippen LogP contribution is 2.29. The van der Waals surface area contributed by atoms with Crippen LogP contribution in [-0.2, 0) is 22.4 Å². The SMILES string of the molecule is CSCCC(=O)N1C[C@H](Cc2ccccc2)C[C@H]1C(=O)Cc1ccc(Oc2ccc(F)cc2)cc1. The fourth-order valence-electron chi connectivity index (χ4n) is 4.57. The van der Waals surface area contributed by atoms with Crippen LogP contribution in [-0.4, -0.2) is 41.2 Å². The van der Waals surface area contributed by atoms with Crippen LogP contribution < -0.4 is 4.74 Å². The zero-order valence-electron chi connectivity index (χ0n) is 19.9. The molecule has 0 radical (unpaired) electrons. The number of nitrogens with zero attached hydrogens (tertiary/aromatic N) is 1. The number of hydrogen-bond donors (Lipinski definition) is 0. The minimum Gasteiger partial charge on any atom is -0.457 e. The van der Waals surface area contributed by atoms with E-state index in [2.05, 4.69) is 12.1 Å². The maximum atomic E-state index is 13.3. The van der Waals surface area contributed by atoms with E-state index in [0.29, 0.717) is 30.9 Å². The Balaban J connectivity index is 1.41. The van der Waals surface area contributed by atoms with Crippen molar-refractivity contribution in [1.29, 1.82) is 0 Å². The molecule has 0 spiro atoms. The quantitative estimate of drug-likeness (QED) is 0.352. The first-order valence-electron chi connectivity index (χ1n) is 11.9. The van der Waals surface area contributed by atoms with E-state index in [9.17, 15) is 14.0 Å². The van der Waals surface area contributed by atoms with Gasteiger partial charge in [-0.2, -0.15) is 11.8 Å². The molecular weight excluding hydrogens is 461 g/mol. The zero-order chi connectivity index (χ0) is 24.6. The summed E-state index contributed by atoms with van der Waals surface area (Å²) >= 11 is 1.64. The van der Waals surface area contributed by atoms with Crippen LogP contribution in [0.1, 0.15) is 24.0 Å². The zero-order valence-corrected chi connectivity index (χ0v) is 20.7. The van der Waals surface area contributed by atoms with Gasteiger partial charge in [0.25, 0.3) is 0 Å². The Hall–Kier alpha value is -3.12. The van der Waals surface area contributed by atoms with E-state index in [1.54, 1.807) is 36.0 Å². The van der Waals surface area contributed by atoms with E-state index in [1.165, 1.54) is 17.7 Å². The number of ether oxygens (including phenoxy) is 1. The Morgan fingerprint density at radius 3 is 2.26 bits per heavy atom. The Bertz CT molecular complexity index is 1120. The Kier molecular flexibility index (Phi) is 8.59. The molecule has 1 fully saturated rings. The first-order chi connectivity index (χ1) is 17.0. The maximum Gasteiger partial charge on any atom is 0.224 e. The fourth-order valence-corrected chi connectivity index (χ4v) is 4.94. The van der Waals surface area contributed by atoms with Gasteiger partial charge in [-0.25, -0.2) is 4.39 Å². The number of halogens is 1.